The lowest BCUT2D eigenvalue weighted by Crippen LogP contribution is -2.43. The minimum absolute atomic E-state index is 0.220. The largest absolute Gasteiger partial charge is 0.478 e. The van der Waals surface area contributed by atoms with Gasteiger partial charge in [0.15, 0.2) is 0 Å². The second-order valence-electron chi connectivity index (χ2n) is 4.49. The van der Waals surface area contributed by atoms with Gasteiger partial charge in [-0.15, -0.1) is 0 Å². The van der Waals surface area contributed by atoms with E-state index < -0.39 is 17.3 Å². The molecule has 1 aromatic rings. The van der Waals surface area contributed by atoms with Gasteiger partial charge in [0.1, 0.15) is 5.82 Å². The van der Waals surface area contributed by atoms with Gasteiger partial charge in [-0.1, -0.05) is 6.42 Å². The Morgan fingerprint density at radius 3 is 2.79 bits per heavy atom. The molecule has 1 heterocycles. The second-order valence-corrected chi connectivity index (χ2v) is 4.49. The van der Waals surface area contributed by atoms with Crippen LogP contribution >= 0.6 is 0 Å². The number of carbonyl (C=O) groups is 2. The molecule has 19 heavy (non-hydrogen) atoms. The summed E-state index contributed by atoms with van der Waals surface area (Å²) >= 11 is 0. The highest BCUT2D eigenvalue weighted by molar-refractivity contribution is 5.96. The third-order valence-corrected chi connectivity index (χ3v) is 3.09. The van der Waals surface area contributed by atoms with E-state index in [1.54, 1.807) is 0 Å². The molecular formula is C13H15FN2O3. The summed E-state index contributed by atoms with van der Waals surface area (Å²) < 4.78 is 13.2. The van der Waals surface area contributed by atoms with E-state index in [-0.39, 0.29) is 17.6 Å². The Balaban J connectivity index is 2.08. The Hall–Kier alpha value is -1.95. The molecule has 1 aliphatic heterocycles. The molecule has 0 saturated carbocycles. The lowest BCUT2D eigenvalue weighted by molar-refractivity contribution is -0.118. The van der Waals surface area contributed by atoms with Gasteiger partial charge in [0, 0.05) is 5.69 Å². The first-order valence-electron chi connectivity index (χ1n) is 6.15. The van der Waals surface area contributed by atoms with Crippen molar-refractivity contribution in [2.45, 2.75) is 25.3 Å². The summed E-state index contributed by atoms with van der Waals surface area (Å²) in [7, 11) is 0. The zero-order valence-corrected chi connectivity index (χ0v) is 10.3. The van der Waals surface area contributed by atoms with Gasteiger partial charge in [-0.3, -0.25) is 4.79 Å². The number of piperidine rings is 1. The molecule has 1 unspecified atom stereocenters. The van der Waals surface area contributed by atoms with Crippen LogP contribution in [0.3, 0.4) is 0 Å². The number of carbonyl (C=O) groups excluding carboxylic acids is 1. The smallest absolute Gasteiger partial charge is 0.338 e. The second kappa shape index (κ2) is 5.79. The van der Waals surface area contributed by atoms with Crippen LogP contribution in [0.25, 0.3) is 0 Å². The molecule has 0 aromatic heterocycles. The van der Waals surface area contributed by atoms with E-state index in [0.717, 1.165) is 37.9 Å². The van der Waals surface area contributed by atoms with Crippen molar-refractivity contribution in [3.8, 4) is 0 Å². The first kappa shape index (κ1) is 13.5. The molecule has 0 radical (unpaired) electrons. The fourth-order valence-corrected chi connectivity index (χ4v) is 2.07. The van der Waals surface area contributed by atoms with E-state index in [1.807, 2.05) is 0 Å². The van der Waals surface area contributed by atoms with Gasteiger partial charge in [-0.2, -0.15) is 0 Å². The Kier molecular flexibility index (Phi) is 4.11. The van der Waals surface area contributed by atoms with Gasteiger partial charge in [0.2, 0.25) is 5.91 Å². The maximum atomic E-state index is 13.2. The number of hydrogen-bond donors (Lipinski definition) is 3. The topological polar surface area (TPSA) is 78.4 Å². The summed E-state index contributed by atoms with van der Waals surface area (Å²) in [5.41, 5.74) is -0.162. The monoisotopic (exact) mass is 266 g/mol. The number of anilines is 1. The average molecular weight is 266 g/mol. The van der Waals surface area contributed by atoms with Crippen LogP contribution in [0.2, 0.25) is 0 Å². The van der Waals surface area contributed by atoms with Crippen LogP contribution in [-0.2, 0) is 4.79 Å². The maximum Gasteiger partial charge on any atom is 0.338 e. The lowest BCUT2D eigenvalue weighted by atomic mass is 10.0. The van der Waals surface area contributed by atoms with Crippen molar-refractivity contribution >= 4 is 17.6 Å². The summed E-state index contributed by atoms with van der Waals surface area (Å²) in [6.07, 6.45) is 2.77. The van der Waals surface area contributed by atoms with E-state index in [0.29, 0.717) is 0 Å². The van der Waals surface area contributed by atoms with Crippen LogP contribution in [0.4, 0.5) is 10.1 Å². The molecule has 5 nitrogen and oxygen atoms in total. The molecule has 0 aliphatic carbocycles. The number of halogens is 1. The number of hydrogen-bond acceptors (Lipinski definition) is 3. The molecule has 1 fully saturated rings. The fourth-order valence-electron chi connectivity index (χ4n) is 2.07. The SMILES string of the molecule is O=C(O)c1cc(NC(=O)C2CCCCN2)ccc1F. The van der Waals surface area contributed by atoms with Crippen molar-refractivity contribution in [2.24, 2.45) is 0 Å². The van der Waals surface area contributed by atoms with Gasteiger partial charge in [-0.25, -0.2) is 9.18 Å². The van der Waals surface area contributed by atoms with Crippen molar-refractivity contribution in [1.82, 2.24) is 5.32 Å². The molecule has 1 aliphatic rings. The first-order valence-corrected chi connectivity index (χ1v) is 6.15. The number of rotatable bonds is 3. The molecule has 102 valence electrons. The number of aromatic carboxylic acids is 1. The quantitative estimate of drug-likeness (QED) is 0.776. The predicted octanol–water partition coefficient (Wildman–Crippen LogP) is 1.60. The van der Waals surface area contributed by atoms with Gasteiger partial charge in [0.25, 0.3) is 0 Å². The van der Waals surface area contributed by atoms with Crippen molar-refractivity contribution < 1.29 is 19.1 Å². The van der Waals surface area contributed by atoms with Crippen LogP contribution in [0.1, 0.15) is 29.6 Å². The van der Waals surface area contributed by atoms with Crippen LogP contribution < -0.4 is 10.6 Å². The van der Waals surface area contributed by atoms with Gasteiger partial charge in [-0.05, 0) is 37.6 Å². The number of nitrogens with one attached hydrogen (secondary N) is 2. The minimum Gasteiger partial charge on any atom is -0.478 e. The number of carboxylic acids is 1. The van der Waals surface area contributed by atoms with E-state index in [1.165, 1.54) is 6.07 Å². The zero-order chi connectivity index (χ0) is 13.8. The third-order valence-electron chi connectivity index (χ3n) is 3.09. The summed E-state index contributed by atoms with van der Waals surface area (Å²) in [6.45, 7) is 0.794. The van der Waals surface area contributed by atoms with E-state index in [4.69, 9.17) is 5.11 Å². The molecule has 6 heteroatoms. The Bertz CT molecular complexity index is 499. The van der Waals surface area contributed by atoms with Gasteiger partial charge >= 0.3 is 5.97 Å². The molecular weight excluding hydrogens is 251 g/mol. The predicted molar refractivity (Wildman–Crippen MR) is 67.6 cm³/mol. The summed E-state index contributed by atoms with van der Waals surface area (Å²) in [6, 6.07) is 3.24. The first-order chi connectivity index (χ1) is 9.08. The third kappa shape index (κ3) is 3.29. The van der Waals surface area contributed by atoms with Crippen molar-refractivity contribution in [3.05, 3.63) is 29.6 Å². The highest BCUT2D eigenvalue weighted by atomic mass is 19.1. The van der Waals surface area contributed by atoms with Crippen molar-refractivity contribution in [1.29, 1.82) is 0 Å². The number of benzene rings is 1. The standard InChI is InChI=1S/C13H15FN2O3/c14-10-5-4-8(7-9(10)13(18)19)16-12(17)11-3-1-2-6-15-11/h4-5,7,11,15H,1-3,6H2,(H,16,17)(H,18,19). The van der Waals surface area contributed by atoms with Crippen molar-refractivity contribution in [3.63, 3.8) is 0 Å². The normalized spacial score (nSPS) is 18.9. The molecule has 3 N–H and O–H groups in total. The minimum atomic E-state index is -1.36. The highest BCUT2D eigenvalue weighted by Crippen LogP contribution is 2.16. The summed E-state index contributed by atoms with van der Waals surface area (Å²) in [5, 5.41) is 14.5. The fraction of sp³-hybridized carbons (Fsp3) is 0.385. The summed E-state index contributed by atoms with van der Waals surface area (Å²) in [4.78, 5) is 22.7. The molecule has 1 saturated heterocycles. The average Bonchev–Trinajstić information content (AvgIpc) is 2.41. The Labute approximate surface area is 109 Å². The molecule has 1 atom stereocenters. The number of amides is 1. The molecule has 1 aromatic carbocycles. The maximum absolute atomic E-state index is 13.2. The molecule has 2 rings (SSSR count). The van der Waals surface area contributed by atoms with Crippen LogP contribution in [-0.4, -0.2) is 29.6 Å². The Morgan fingerprint density at radius 2 is 2.16 bits per heavy atom. The lowest BCUT2D eigenvalue weighted by Gasteiger charge is -2.22. The van der Waals surface area contributed by atoms with Crippen LogP contribution in [0.5, 0.6) is 0 Å². The van der Waals surface area contributed by atoms with E-state index in [2.05, 4.69) is 10.6 Å². The van der Waals surface area contributed by atoms with Gasteiger partial charge < -0.3 is 15.7 Å². The molecule has 0 bridgehead atoms. The van der Waals surface area contributed by atoms with E-state index in [9.17, 15) is 14.0 Å². The summed E-state index contributed by atoms with van der Waals surface area (Å²) in [5.74, 6) is -2.40. The Morgan fingerprint density at radius 1 is 1.37 bits per heavy atom. The number of carboxylic acid groups (broad SMARTS) is 1. The molecule has 1 amide bonds. The van der Waals surface area contributed by atoms with Crippen molar-refractivity contribution in [2.75, 3.05) is 11.9 Å². The highest BCUT2D eigenvalue weighted by Gasteiger charge is 2.21. The van der Waals surface area contributed by atoms with E-state index >= 15 is 0 Å². The molecule has 0 spiro atoms. The zero-order valence-electron chi connectivity index (χ0n) is 10.3. The van der Waals surface area contributed by atoms with Gasteiger partial charge in [0.05, 0.1) is 11.6 Å². The van der Waals surface area contributed by atoms with Crippen LogP contribution in [0, 0.1) is 5.82 Å². The van der Waals surface area contributed by atoms with Crippen LogP contribution in [0.15, 0.2) is 18.2 Å².